The molecule has 0 fully saturated rings. The number of aryl methyl sites for hydroxylation is 2. The second kappa shape index (κ2) is 8.23. The van der Waals surface area contributed by atoms with Crippen molar-refractivity contribution in [1.82, 2.24) is 5.32 Å². The van der Waals surface area contributed by atoms with Crippen LogP contribution in [0.25, 0.3) is 0 Å². The average molecular weight is 296 g/mol. The minimum absolute atomic E-state index is 0.0687. The molecule has 3 heteroatoms. The summed E-state index contributed by atoms with van der Waals surface area (Å²) in [6.07, 6.45) is 1.52. The lowest BCUT2D eigenvalue weighted by molar-refractivity contribution is -0.121. The fourth-order valence-corrected chi connectivity index (χ4v) is 2.29. The van der Waals surface area contributed by atoms with E-state index in [4.69, 9.17) is 0 Å². The van der Waals surface area contributed by atoms with Crippen LogP contribution in [0.4, 0.5) is 5.69 Å². The van der Waals surface area contributed by atoms with E-state index in [-0.39, 0.29) is 5.91 Å². The third-order valence-electron chi connectivity index (χ3n) is 3.62. The quantitative estimate of drug-likeness (QED) is 0.818. The zero-order chi connectivity index (χ0) is 15.8. The summed E-state index contributed by atoms with van der Waals surface area (Å²) in [5.74, 6) is 0.0687. The molecule has 0 aliphatic heterocycles. The second-order valence-corrected chi connectivity index (χ2v) is 5.49. The molecule has 0 saturated carbocycles. The summed E-state index contributed by atoms with van der Waals surface area (Å²) in [7, 11) is 0. The summed E-state index contributed by atoms with van der Waals surface area (Å²) in [6, 6.07) is 16.5. The van der Waals surface area contributed by atoms with Crippen LogP contribution in [0.1, 0.15) is 30.0 Å². The molecule has 2 aromatic rings. The van der Waals surface area contributed by atoms with E-state index >= 15 is 0 Å². The van der Waals surface area contributed by atoms with Crippen LogP contribution in [-0.4, -0.2) is 12.5 Å². The van der Waals surface area contributed by atoms with E-state index in [2.05, 4.69) is 60.9 Å². The highest BCUT2D eigenvalue weighted by atomic mass is 16.1. The molecule has 0 saturated heterocycles. The number of amides is 1. The average Bonchev–Trinajstić information content (AvgIpc) is 2.54. The monoisotopic (exact) mass is 296 g/mol. The van der Waals surface area contributed by atoms with E-state index in [9.17, 15) is 4.79 Å². The lowest BCUT2D eigenvalue weighted by atomic mass is 10.1. The van der Waals surface area contributed by atoms with E-state index in [1.165, 1.54) is 11.1 Å². The van der Waals surface area contributed by atoms with Crippen molar-refractivity contribution in [2.45, 2.75) is 33.2 Å². The highest BCUT2D eigenvalue weighted by Crippen LogP contribution is 2.09. The van der Waals surface area contributed by atoms with Crippen molar-refractivity contribution in [3.8, 4) is 0 Å². The van der Waals surface area contributed by atoms with Crippen LogP contribution in [-0.2, 0) is 17.8 Å². The molecule has 3 nitrogen and oxygen atoms in total. The maximum absolute atomic E-state index is 11.8. The van der Waals surface area contributed by atoms with Crippen LogP contribution in [0.15, 0.2) is 48.5 Å². The van der Waals surface area contributed by atoms with E-state index in [1.807, 2.05) is 12.1 Å². The van der Waals surface area contributed by atoms with Gasteiger partial charge in [-0.1, -0.05) is 48.9 Å². The molecule has 0 aliphatic carbocycles. The van der Waals surface area contributed by atoms with Gasteiger partial charge in [0.25, 0.3) is 0 Å². The Morgan fingerprint density at radius 2 is 1.82 bits per heavy atom. The first-order valence-electron chi connectivity index (χ1n) is 7.82. The van der Waals surface area contributed by atoms with Crippen LogP contribution < -0.4 is 10.6 Å². The molecule has 0 bridgehead atoms. The molecule has 0 atom stereocenters. The Labute approximate surface area is 132 Å². The van der Waals surface area contributed by atoms with Gasteiger partial charge in [0.05, 0.1) is 0 Å². The van der Waals surface area contributed by atoms with Gasteiger partial charge in [0.1, 0.15) is 0 Å². The zero-order valence-electron chi connectivity index (χ0n) is 13.4. The van der Waals surface area contributed by atoms with Crippen molar-refractivity contribution in [2.24, 2.45) is 0 Å². The third-order valence-corrected chi connectivity index (χ3v) is 3.62. The predicted molar refractivity (Wildman–Crippen MR) is 92.0 cm³/mol. The topological polar surface area (TPSA) is 41.1 Å². The minimum Gasteiger partial charge on any atom is -0.385 e. The van der Waals surface area contributed by atoms with Gasteiger partial charge in [-0.05, 0) is 36.6 Å². The van der Waals surface area contributed by atoms with Crippen molar-refractivity contribution in [1.29, 1.82) is 0 Å². The SMILES string of the molecule is CCc1ccc(NCCC(=O)NCc2cccc(C)c2)cc1. The molecule has 116 valence electrons. The number of carbonyl (C=O) groups excluding carboxylic acids is 1. The predicted octanol–water partition coefficient (Wildman–Crippen LogP) is 3.68. The molecule has 1 amide bonds. The number of hydrogen-bond acceptors (Lipinski definition) is 2. The van der Waals surface area contributed by atoms with Crippen molar-refractivity contribution in [3.05, 3.63) is 65.2 Å². The van der Waals surface area contributed by atoms with Gasteiger partial charge in [-0.3, -0.25) is 4.79 Å². The molecule has 2 N–H and O–H groups in total. The van der Waals surface area contributed by atoms with Gasteiger partial charge in [0.15, 0.2) is 0 Å². The first-order valence-corrected chi connectivity index (χ1v) is 7.82. The molecule has 2 aromatic carbocycles. The lowest BCUT2D eigenvalue weighted by Gasteiger charge is -2.08. The van der Waals surface area contributed by atoms with Gasteiger partial charge < -0.3 is 10.6 Å². The van der Waals surface area contributed by atoms with Crippen LogP contribution >= 0.6 is 0 Å². The number of nitrogens with one attached hydrogen (secondary N) is 2. The molecule has 22 heavy (non-hydrogen) atoms. The summed E-state index contributed by atoms with van der Waals surface area (Å²) < 4.78 is 0. The van der Waals surface area contributed by atoms with Gasteiger partial charge in [-0.25, -0.2) is 0 Å². The van der Waals surface area contributed by atoms with Gasteiger partial charge in [-0.15, -0.1) is 0 Å². The van der Waals surface area contributed by atoms with E-state index < -0.39 is 0 Å². The number of anilines is 1. The van der Waals surface area contributed by atoms with Crippen molar-refractivity contribution in [2.75, 3.05) is 11.9 Å². The Morgan fingerprint density at radius 1 is 1.05 bits per heavy atom. The largest absolute Gasteiger partial charge is 0.385 e. The van der Waals surface area contributed by atoms with Gasteiger partial charge in [0.2, 0.25) is 5.91 Å². The molecule has 2 rings (SSSR count). The first kappa shape index (κ1) is 16.1. The lowest BCUT2D eigenvalue weighted by Crippen LogP contribution is -2.24. The summed E-state index contributed by atoms with van der Waals surface area (Å²) in [6.45, 7) is 5.43. The summed E-state index contributed by atoms with van der Waals surface area (Å²) in [5, 5.41) is 6.23. The van der Waals surface area contributed by atoms with Gasteiger partial charge in [-0.2, -0.15) is 0 Å². The summed E-state index contributed by atoms with van der Waals surface area (Å²) in [5.41, 5.74) is 4.73. The second-order valence-electron chi connectivity index (χ2n) is 5.49. The maximum atomic E-state index is 11.8. The zero-order valence-corrected chi connectivity index (χ0v) is 13.4. The van der Waals surface area contributed by atoms with Crippen LogP contribution in [0.2, 0.25) is 0 Å². The summed E-state index contributed by atoms with van der Waals surface area (Å²) in [4.78, 5) is 11.8. The van der Waals surface area contributed by atoms with Crippen LogP contribution in [0.5, 0.6) is 0 Å². The van der Waals surface area contributed by atoms with Crippen LogP contribution in [0, 0.1) is 6.92 Å². The highest BCUT2D eigenvalue weighted by Gasteiger charge is 2.01. The number of rotatable bonds is 7. The van der Waals surface area contributed by atoms with Crippen molar-refractivity contribution >= 4 is 11.6 Å². The molecule has 0 aliphatic rings. The molecule has 0 radical (unpaired) electrons. The van der Waals surface area contributed by atoms with Crippen molar-refractivity contribution < 1.29 is 4.79 Å². The number of hydrogen-bond donors (Lipinski definition) is 2. The van der Waals surface area contributed by atoms with Gasteiger partial charge >= 0.3 is 0 Å². The molecule has 0 unspecified atom stereocenters. The Morgan fingerprint density at radius 3 is 2.50 bits per heavy atom. The standard InChI is InChI=1S/C19H24N2O/c1-3-16-7-9-18(10-8-16)20-12-11-19(22)21-14-17-6-4-5-15(2)13-17/h4-10,13,20H,3,11-12,14H2,1-2H3,(H,21,22). The third kappa shape index (κ3) is 5.24. The number of benzene rings is 2. The smallest absolute Gasteiger partial charge is 0.222 e. The fourth-order valence-electron chi connectivity index (χ4n) is 2.29. The molecular formula is C19H24N2O. The minimum atomic E-state index is 0.0687. The Hall–Kier alpha value is -2.29. The Kier molecular flexibility index (Phi) is 6.01. The first-order chi connectivity index (χ1) is 10.7. The Bertz CT molecular complexity index is 605. The van der Waals surface area contributed by atoms with E-state index in [1.54, 1.807) is 0 Å². The maximum Gasteiger partial charge on any atom is 0.222 e. The number of carbonyl (C=O) groups is 1. The van der Waals surface area contributed by atoms with Crippen molar-refractivity contribution in [3.63, 3.8) is 0 Å². The Balaban J connectivity index is 1.69. The molecular weight excluding hydrogens is 272 g/mol. The molecule has 0 spiro atoms. The molecule has 0 aromatic heterocycles. The normalized spacial score (nSPS) is 10.3. The van der Waals surface area contributed by atoms with Crippen LogP contribution in [0.3, 0.4) is 0 Å². The summed E-state index contributed by atoms with van der Waals surface area (Å²) >= 11 is 0. The molecule has 0 heterocycles. The van der Waals surface area contributed by atoms with E-state index in [0.717, 1.165) is 17.7 Å². The van der Waals surface area contributed by atoms with E-state index in [0.29, 0.717) is 19.5 Å². The highest BCUT2D eigenvalue weighted by molar-refractivity contribution is 5.76. The van der Waals surface area contributed by atoms with Gasteiger partial charge in [0, 0.05) is 25.2 Å². The fraction of sp³-hybridized carbons (Fsp3) is 0.316.